The van der Waals surface area contributed by atoms with E-state index in [0.29, 0.717) is 22.8 Å². The van der Waals surface area contributed by atoms with E-state index >= 15 is 0 Å². The van der Waals surface area contributed by atoms with Crippen LogP contribution >= 0.6 is 0 Å². The van der Waals surface area contributed by atoms with Crippen molar-refractivity contribution < 1.29 is 14.3 Å². The molecular weight excluding hydrogens is 368 g/mol. The van der Waals surface area contributed by atoms with Gasteiger partial charge >= 0.3 is 0 Å². The molecule has 2 N–H and O–H groups in total. The van der Waals surface area contributed by atoms with Crippen LogP contribution in [0, 0.1) is 6.92 Å². The number of para-hydroxylation sites is 1. The summed E-state index contributed by atoms with van der Waals surface area (Å²) in [6.45, 7) is 1.89. The maximum atomic E-state index is 12.3. The number of nitrogens with zero attached hydrogens (tertiary/aromatic N) is 2. The lowest BCUT2D eigenvalue weighted by molar-refractivity contribution is -0.116. The fourth-order valence-corrected chi connectivity index (χ4v) is 2.77. The number of hydrogen-bond donors (Lipinski definition) is 2. The topological polar surface area (TPSA) is 93.2 Å². The summed E-state index contributed by atoms with van der Waals surface area (Å²) in [5.41, 5.74) is 2.85. The normalized spacial score (nSPS) is 10.3. The molecule has 0 unspecified atom stereocenters. The fourth-order valence-electron chi connectivity index (χ4n) is 2.77. The average molecular weight is 390 g/mol. The zero-order valence-corrected chi connectivity index (χ0v) is 16.3. The van der Waals surface area contributed by atoms with Crippen molar-refractivity contribution in [1.29, 1.82) is 0 Å². The molecule has 3 aromatic rings. The molecule has 2 aromatic carbocycles. The lowest BCUT2D eigenvalue weighted by atomic mass is 10.1. The molecule has 0 saturated heterocycles. The quantitative estimate of drug-likeness (QED) is 0.562. The summed E-state index contributed by atoms with van der Waals surface area (Å²) in [6.07, 6.45) is 1.70. The van der Waals surface area contributed by atoms with Crippen molar-refractivity contribution in [1.82, 2.24) is 9.97 Å². The number of ether oxygens (including phenoxy) is 1. The van der Waals surface area contributed by atoms with Crippen LogP contribution < -0.4 is 15.4 Å². The Bertz CT molecular complexity index is 1000. The largest absolute Gasteiger partial charge is 0.496 e. The molecule has 0 aliphatic heterocycles. The van der Waals surface area contributed by atoms with E-state index in [1.165, 1.54) is 13.4 Å². The second kappa shape index (κ2) is 9.45. The van der Waals surface area contributed by atoms with Gasteiger partial charge in [0.2, 0.25) is 5.91 Å². The van der Waals surface area contributed by atoms with Crippen molar-refractivity contribution in [2.45, 2.75) is 19.8 Å². The number of Topliss-reactive ketones (excluding diaryl/α,β-unsaturated/α-hetero) is 1. The molecule has 3 rings (SSSR count). The molecule has 148 valence electrons. The summed E-state index contributed by atoms with van der Waals surface area (Å²) in [4.78, 5) is 32.7. The van der Waals surface area contributed by atoms with Crippen LogP contribution in [0.3, 0.4) is 0 Å². The molecule has 1 aromatic heterocycles. The van der Waals surface area contributed by atoms with E-state index in [0.717, 1.165) is 11.4 Å². The van der Waals surface area contributed by atoms with E-state index in [2.05, 4.69) is 20.6 Å². The van der Waals surface area contributed by atoms with Gasteiger partial charge in [-0.05, 0) is 43.3 Å². The third-order valence-electron chi connectivity index (χ3n) is 4.23. The van der Waals surface area contributed by atoms with Crippen LogP contribution in [0.2, 0.25) is 0 Å². The maximum absolute atomic E-state index is 12.3. The summed E-state index contributed by atoms with van der Waals surface area (Å²) in [5.74, 6) is 0.863. The molecule has 0 bridgehead atoms. The number of carbonyl (C=O) groups excluding carboxylic acids is 2. The van der Waals surface area contributed by atoms with Crippen LogP contribution in [0.15, 0.2) is 60.9 Å². The van der Waals surface area contributed by atoms with Crippen LogP contribution in [-0.4, -0.2) is 28.8 Å². The SMILES string of the molecule is COc1ccccc1C(=O)CCC(=O)Nc1ccc(Nc2cc(C)ncn2)cc1. The highest BCUT2D eigenvalue weighted by Crippen LogP contribution is 2.20. The lowest BCUT2D eigenvalue weighted by Crippen LogP contribution is -2.13. The Labute approximate surface area is 169 Å². The number of benzene rings is 2. The highest BCUT2D eigenvalue weighted by Gasteiger charge is 2.13. The van der Waals surface area contributed by atoms with Crippen LogP contribution in [0.5, 0.6) is 5.75 Å². The summed E-state index contributed by atoms with van der Waals surface area (Å²) in [5, 5.41) is 5.98. The minimum absolute atomic E-state index is 0.0943. The molecule has 0 fully saturated rings. The van der Waals surface area contributed by atoms with Gasteiger partial charge in [0.15, 0.2) is 5.78 Å². The Hall–Kier alpha value is -3.74. The first kappa shape index (κ1) is 20.0. The smallest absolute Gasteiger partial charge is 0.224 e. The standard InChI is InChI=1S/C22H22N4O3/c1-15-13-21(24-14-23-15)25-16-7-9-17(10-8-16)26-22(28)12-11-19(27)18-5-3-4-6-20(18)29-2/h3-10,13-14H,11-12H2,1-2H3,(H,26,28)(H,23,24,25). The predicted octanol–water partition coefficient (Wildman–Crippen LogP) is 4.14. The van der Waals surface area contributed by atoms with Crippen molar-refractivity contribution in [2.24, 2.45) is 0 Å². The molecule has 1 heterocycles. The maximum Gasteiger partial charge on any atom is 0.224 e. The third-order valence-corrected chi connectivity index (χ3v) is 4.23. The number of hydrogen-bond acceptors (Lipinski definition) is 6. The van der Waals surface area contributed by atoms with Gasteiger partial charge in [-0.25, -0.2) is 9.97 Å². The molecule has 29 heavy (non-hydrogen) atoms. The van der Waals surface area contributed by atoms with E-state index in [-0.39, 0.29) is 24.5 Å². The molecule has 7 heteroatoms. The molecule has 0 aliphatic rings. The lowest BCUT2D eigenvalue weighted by Gasteiger charge is -2.09. The van der Waals surface area contributed by atoms with Crippen molar-refractivity contribution in [3.8, 4) is 5.75 Å². The average Bonchev–Trinajstić information content (AvgIpc) is 2.73. The Morgan fingerprint density at radius 2 is 1.69 bits per heavy atom. The first-order chi connectivity index (χ1) is 14.0. The number of amides is 1. The fraction of sp³-hybridized carbons (Fsp3) is 0.182. The van der Waals surface area contributed by atoms with Crippen LogP contribution in [0.25, 0.3) is 0 Å². The number of nitrogens with one attached hydrogen (secondary N) is 2. The zero-order valence-electron chi connectivity index (χ0n) is 16.3. The second-order valence-corrected chi connectivity index (χ2v) is 6.42. The Balaban J connectivity index is 1.52. The number of rotatable bonds is 8. The molecule has 1 amide bonds. The number of carbonyl (C=O) groups is 2. The van der Waals surface area contributed by atoms with E-state index in [4.69, 9.17) is 4.74 Å². The van der Waals surface area contributed by atoms with Crippen molar-refractivity contribution in [2.75, 3.05) is 17.7 Å². The molecule has 0 saturated carbocycles. The van der Waals surface area contributed by atoms with E-state index in [1.807, 2.05) is 25.1 Å². The molecule has 0 spiro atoms. The number of anilines is 3. The number of aromatic nitrogens is 2. The predicted molar refractivity (Wildman–Crippen MR) is 112 cm³/mol. The van der Waals surface area contributed by atoms with Crippen molar-refractivity contribution in [3.63, 3.8) is 0 Å². The summed E-state index contributed by atoms with van der Waals surface area (Å²) in [7, 11) is 1.52. The van der Waals surface area contributed by atoms with Gasteiger partial charge in [-0.1, -0.05) is 12.1 Å². The minimum atomic E-state index is -0.222. The first-order valence-corrected chi connectivity index (χ1v) is 9.17. The number of ketones is 1. The van der Waals surface area contributed by atoms with Gasteiger partial charge in [0.05, 0.1) is 12.7 Å². The zero-order chi connectivity index (χ0) is 20.6. The van der Waals surface area contributed by atoms with E-state index in [1.54, 1.807) is 36.4 Å². The van der Waals surface area contributed by atoms with Crippen LogP contribution in [0.4, 0.5) is 17.2 Å². The molecule has 0 radical (unpaired) electrons. The van der Waals surface area contributed by atoms with Gasteiger partial charge in [0, 0.05) is 36.0 Å². The van der Waals surface area contributed by atoms with E-state index < -0.39 is 0 Å². The van der Waals surface area contributed by atoms with Crippen LogP contribution in [0.1, 0.15) is 28.9 Å². The minimum Gasteiger partial charge on any atom is -0.496 e. The van der Waals surface area contributed by atoms with Gasteiger partial charge in [-0.3, -0.25) is 9.59 Å². The first-order valence-electron chi connectivity index (χ1n) is 9.17. The third kappa shape index (κ3) is 5.62. The summed E-state index contributed by atoms with van der Waals surface area (Å²) in [6, 6.07) is 16.1. The van der Waals surface area contributed by atoms with Gasteiger partial charge in [0.25, 0.3) is 0 Å². The molecular formula is C22H22N4O3. The Morgan fingerprint density at radius 1 is 0.966 bits per heavy atom. The highest BCUT2D eigenvalue weighted by molar-refractivity contribution is 6.01. The van der Waals surface area contributed by atoms with Crippen molar-refractivity contribution in [3.05, 3.63) is 72.2 Å². The molecule has 7 nitrogen and oxygen atoms in total. The number of aryl methyl sites for hydroxylation is 1. The summed E-state index contributed by atoms with van der Waals surface area (Å²) >= 11 is 0. The van der Waals surface area contributed by atoms with E-state index in [9.17, 15) is 9.59 Å². The Morgan fingerprint density at radius 3 is 2.41 bits per heavy atom. The summed E-state index contributed by atoms with van der Waals surface area (Å²) < 4.78 is 5.19. The van der Waals surface area contributed by atoms with Gasteiger partial charge in [-0.15, -0.1) is 0 Å². The Kier molecular flexibility index (Phi) is 6.52. The van der Waals surface area contributed by atoms with Gasteiger partial charge in [0.1, 0.15) is 17.9 Å². The van der Waals surface area contributed by atoms with Crippen molar-refractivity contribution >= 4 is 28.9 Å². The monoisotopic (exact) mass is 390 g/mol. The van der Waals surface area contributed by atoms with Gasteiger partial charge < -0.3 is 15.4 Å². The van der Waals surface area contributed by atoms with Gasteiger partial charge in [-0.2, -0.15) is 0 Å². The molecule has 0 atom stereocenters. The molecule has 0 aliphatic carbocycles. The van der Waals surface area contributed by atoms with Crippen LogP contribution in [-0.2, 0) is 4.79 Å². The number of methoxy groups -OCH3 is 1. The highest BCUT2D eigenvalue weighted by atomic mass is 16.5. The second-order valence-electron chi connectivity index (χ2n) is 6.42.